The van der Waals surface area contributed by atoms with Crippen molar-refractivity contribution in [3.63, 3.8) is 0 Å². The van der Waals surface area contributed by atoms with E-state index >= 15 is 0 Å². The summed E-state index contributed by atoms with van der Waals surface area (Å²) >= 11 is 0. The number of carbonyl (C=O) groups is 1. The minimum atomic E-state index is -0.333. The second-order valence-electron chi connectivity index (χ2n) is 8.35. The van der Waals surface area contributed by atoms with Gasteiger partial charge in [-0.2, -0.15) is 10.2 Å². The van der Waals surface area contributed by atoms with E-state index in [1.165, 1.54) is 6.07 Å². The van der Waals surface area contributed by atoms with Crippen molar-refractivity contribution in [1.29, 1.82) is 0 Å². The molecule has 33 heavy (non-hydrogen) atoms. The number of fused-ring (bicyclic) bond motifs is 2. The minimum absolute atomic E-state index is 0.00284. The predicted octanol–water partition coefficient (Wildman–Crippen LogP) is 3.46. The SMILES string of the molecule is CC(=O)N1c2ccc(-c3cnn(CCO)c3)cc2N(c2nn(C)c3cccc(F)c23)C[C@@H]1C. The predicted molar refractivity (Wildman–Crippen MR) is 125 cm³/mol. The van der Waals surface area contributed by atoms with Crippen LogP contribution in [0.4, 0.5) is 21.6 Å². The average molecular weight is 449 g/mol. The molecule has 0 radical (unpaired) electrons. The Balaban J connectivity index is 1.70. The molecule has 0 spiro atoms. The number of carbonyl (C=O) groups excluding carboxylic acids is 1. The Morgan fingerprint density at radius 2 is 2.03 bits per heavy atom. The van der Waals surface area contributed by atoms with Gasteiger partial charge < -0.3 is 14.9 Å². The van der Waals surface area contributed by atoms with Gasteiger partial charge in [0.1, 0.15) is 5.82 Å². The van der Waals surface area contributed by atoms with Gasteiger partial charge in [-0.15, -0.1) is 0 Å². The average Bonchev–Trinajstić information content (AvgIpc) is 3.38. The van der Waals surface area contributed by atoms with E-state index in [0.717, 1.165) is 22.5 Å². The van der Waals surface area contributed by atoms with Gasteiger partial charge in [-0.1, -0.05) is 12.1 Å². The minimum Gasteiger partial charge on any atom is -0.394 e. The normalized spacial score (nSPS) is 15.8. The Labute approximate surface area is 190 Å². The van der Waals surface area contributed by atoms with E-state index in [9.17, 15) is 14.3 Å². The van der Waals surface area contributed by atoms with Crippen LogP contribution in [0.25, 0.3) is 22.0 Å². The highest BCUT2D eigenvalue weighted by Gasteiger charge is 2.34. The maximum Gasteiger partial charge on any atom is 0.224 e. The highest BCUT2D eigenvalue weighted by molar-refractivity contribution is 6.01. The zero-order chi connectivity index (χ0) is 23.3. The third-order valence-electron chi connectivity index (χ3n) is 6.11. The first kappa shape index (κ1) is 21.1. The second-order valence-corrected chi connectivity index (χ2v) is 8.35. The van der Waals surface area contributed by atoms with Crippen molar-refractivity contribution in [3.05, 3.63) is 54.6 Å². The first-order chi connectivity index (χ1) is 15.9. The number of amides is 1. The molecule has 0 saturated carbocycles. The lowest BCUT2D eigenvalue weighted by molar-refractivity contribution is -0.117. The highest BCUT2D eigenvalue weighted by atomic mass is 19.1. The molecule has 8 nitrogen and oxygen atoms in total. The molecular weight excluding hydrogens is 423 g/mol. The topological polar surface area (TPSA) is 79.4 Å². The zero-order valence-electron chi connectivity index (χ0n) is 18.7. The monoisotopic (exact) mass is 448 g/mol. The molecule has 0 fully saturated rings. The van der Waals surface area contributed by atoms with E-state index in [0.29, 0.717) is 29.8 Å². The lowest BCUT2D eigenvalue weighted by atomic mass is 10.0. The van der Waals surface area contributed by atoms with Crippen LogP contribution in [0.5, 0.6) is 0 Å². The van der Waals surface area contributed by atoms with Crippen molar-refractivity contribution < 1.29 is 14.3 Å². The fraction of sp³-hybridized carbons (Fsp3) is 0.292. The van der Waals surface area contributed by atoms with Crippen molar-refractivity contribution in [3.8, 4) is 11.1 Å². The molecule has 4 aromatic rings. The summed E-state index contributed by atoms with van der Waals surface area (Å²) in [6, 6.07) is 10.7. The molecule has 0 bridgehead atoms. The standard InChI is InChI=1S/C24H25FN6O2/c1-15-13-30(24-23-19(25)5-4-6-21(23)28(3)27-24)22-11-17(7-8-20(22)31(15)16(2)33)18-12-26-29(14-18)9-10-32/h4-8,11-12,14-15,32H,9-10,13H2,1-3H3/t15-/m0/s1. The number of halogens is 1. The van der Waals surface area contributed by atoms with Gasteiger partial charge in [-0.3, -0.25) is 14.2 Å². The largest absolute Gasteiger partial charge is 0.394 e. The van der Waals surface area contributed by atoms with E-state index < -0.39 is 0 Å². The summed E-state index contributed by atoms with van der Waals surface area (Å²) in [6.07, 6.45) is 3.61. The van der Waals surface area contributed by atoms with Crippen LogP contribution >= 0.6 is 0 Å². The molecule has 170 valence electrons. The van der Waals surface area contributed by atoms with Crippen LogP contribution < -0.4 is 9.80 Å². The summed E-state index contributed by atoms with van der Waals surface area (Å²) in [5.74, 6) is 0.138. The number of aliphatic hydroxyl groups excluding tert-OH is 1. The maximum absolute atomic E-state index is 14.9. The summed E-state index contributed by atoms with van der Waals surface area (Å²) in [5, 5.41) is 18.6. The molecule has 0 aliphatic carbocycles. The number of benzene rings is 2. The lowest BCUT2D eigenvalue weighted by Crippen LogP contribution is -2.48. The second kappa shape index (κ2) is 8.00. The van der Waals surface area contributed by atoms with Crippen LogP contribution in [0.2, 0.25) is 0 Å². The molecule has 1 aliphatic heterocycles. The van der Waals surface area contributed by atoms with Gasteiger partial charge in [-0.25, -0.2) is 4.39 Å². The Hall–Kier alpha value is -3.72. The van der Waals surface area contributed by atoms with E-state index in [1.54, 1.807) is 40.5 Å². The quantitative estimate of drug-likeness (QED) is 0.517. The van der Waals surface area contributed by atoms with Gasteiger partial charge in [-0.05, 0) is 36.8 Å². The maximum atomic E-state index is 14.9. The third-order valence-corrected chi connectivity index (χ3v) is 6.11. The van der Waals surface area contributed by atoms with E-state index in [-0.39, 0.29) is 24.4 Å². The van der Waals surface area contributed by atoms with Crippen LogP contribution in [-0.4, -0.2) is 49.8 Å². The van der Waals surface area contributed by atoms with Crippen LogP contribution in [0.15, 0.2) is 48.8 Å². The van der Waals surface area contributed by atoms with Gasteiger partial charge in [0.2, 0.25) is 5.91 Å². The fourth-order valence-electron chi connectivity index (χ4n) is 4.66. The Bertz CT molecular complexity index is 1360. The Kier molecular flexibility index (Phi) is 5.13. The molecule has 3 heterocycles. The molecule has 2 aromatic heterocycles. The number of aliphatic hydroxyl groups is 1. The highest BCUT2D eigenvalue weighted by Crippen LogP contribution is 2.44. The number of anilines is 3. The van der Waals surface area contributed by atoms with Crippen LogP contribution in [0, 0.1) is 5.82 Å². The summed E-state index contributed by atoms with van der Waals surface area (Å²) in [6.45, 7) is 4.42. The number of hydrogen-bond acceptors (Lipinski definition) is 5. The Morgan fingerprint density at radius 1 is 1.21 bits per heavy atom. The van der Waals surface area contributed by atoms with E-state index in [1.807, 2.05) is 42.3 Å². The van der Waals surface area contributed by atoms with Crippen molar-refractivity contribution in [1.82, 2.24) is 19.6 Å². The summed E-state index contributed by atoms with van der Waals surface area (Å²) in [4.78, 5) is 16.3. The number of aryl methyl sites for hydroxylation is 1. The van der Waals surface area contributed by atoms with Crippen LogP contribution in [-0.2, 0) is 18.4 Å². The summed E-state index contributed by atoms with van der Waals surface area (Å²) in [5.41, 5.74) is 4.02. The molecule has 1 N–H and O–H groups in total. The van der Waals surface area contributed by atoms with Crippen LogP contribution in [0.3, 0.4) is 0 Å². The van der Waals surface area contributed by atoms with Gasteiger partial charge >= 0.3 is 0 Å². The molecular formula is C24H25FN6O2. The zero-order valence-corrected chi connectivity index (χ0v) is 18.7. The molecule has 5 rings (SSSR count). The molecule has 0 saturated heterocycles. The number of nitrogens with zero attached hydrogens (tertiary/aromatic N) is 6. The smallest absolute Gasteiger partial charge is 0.224 e. The third kappa shape index (κ3) is 3.45. The van der Waals surface area contributed by atoms with Crippen molar-refractivity contribution >= 4 is 34.0 Å². The van der Waals surface area contributed by atoms with Gasteiger partial charge in [0.05, 0.1) is 47.7 Å². The lowest BCUT2D eigenvalue weighted by Gasteiger charge is -2.41. The first-order valence-corrected chi connectivity index (χ1v) is 10.9. The first-order valence-electron chi connectivity index (χ1n) is 10.9. The van der Waals surface area contributed by atoms with Crippen LogP contribution in [0.1, 0.15) is 13.8 Å². The fourth-order valence-corrected chi connectivity index (χ4v) is 4.66. The summed E-state index contributed by atoms with van der Waals surface area (Å²) in [7, 11) is 1.80. The van der Waals surface area contributed by atoms with Gasteiger partial charge in [0.15, 0.2) is 5.82 Å². The van der Waals surface area contributed by atoms with Gasteiger partial charge in [0, 0.05) is 32.3 Å². The molecule has 9 heteroatoms. The van der Waals surface area contributed by atoms with E-state index in [2.05, 4.69) is 10.2 Å². The molecule has 0 unspecified atom stereocenters. The molecule has 1 atom stereocenters. The van der Waals surface area contributed by atoms with Crippen molar-refractivity contribution in [2.75, 3.05) is 23.0 Å². The van der Waals surface area contributed by atoms with Crippen molar-refractivity contribution in [2.45, 2.75) is 26.4 Å². The van der Waals surface area contributed by atoms with E-state index in [4.69, 9.17) is 0 Å². The molecule has 1 aliphatic rings. The molecule has 2 aromatic carbocycles. The number of rotatable bonds is 4. The van der Waals surface area contributed by atoms with Crippen molar-refractivity contribution in [2.24, 2.45) is 7.05 Å². The van der Waals surface area contributed by atoms with Gasteiger partial charge in [0.25, 0.3) is 0 Å². The number of hydrogen-bond donors (Lipinski definition) is 1. The number of aromatic nitrogens is 4. The Morgan fingerprint density at radius 3 is 2.79 bits per heavy atom. The summed E-state index contributed by atoms with van der Waals surface area (Å²) < 4.78 is 18.3. The molecule has 1 amide bonds.